The molecule has 2 aromatic rings. The molecule has 1 amide bonds. The summed E-state index contributed by atoms with van der Waals surface area (Å²) in [6.45, 7) is 7.06. The van der Waals surface area contributed by atoms with Gasteiger partial charge < -0.3 is 5.32 Å². The highest BCUT2D eigenvalue weighted by atomic mass is 16.1. The van der Waals surface area contributed by atoms with Gasteiger partial charge in [-0.2, -0.15) is 0 Å². The number of nitrogens with one attached hydrogen (secondary N) is 1. The number of imidazole rings is 1. The summed E-state index contributed by atoms with van der Waals surface area (Å²) in [5.41, 5.74) is 1.11. The van der Waals surface area contributed by atoms with Crippen LogP contribution in [-0.4, -0.2) is 26.5 Å². The molecule has 5 nitrogen and oxygen atoms in total. The van der Waals surface area contributed by atoms with Crippen molar-refractivity contribution in [2.45, 2.75) is 46.1 Å². The zero-order valence-electron chi connectivity index (χ0n) is 14.5. The van der Waals surface area contributed by atoms with E-state index < -0.39 is 0 Å². The van der Waals surface area contributed by atoms with E-state index in [-0.39, 0.29) is 17.4 Å². The van der Waals surface area contributed by atoms with E-state index in [1.165, 1.54) is 12.8 Å². The topological polar surface area (TPSA) is 59.8 Å². The van der Waals surface area contributed by atoms with Gasteiger partial charge in [-0.15, -0.1) is 0 Å². The molecule has 0 spiro atoms. The van der Waals surface area contributed by atoms with Crippen LogP contribution in [0.15, 0.2) is 37.1 Å². The van der Waals surface area contributed by atoms with E-state index in [2.05, 4.69) is 36.1 Å². The zero-order chi connectivity index (χ0) is 16.9. The predicted molar refractivity (Wildman–Crippen MR) is 91.8 cm³/mol. The number of fused-ring (bicyclic) bond motifs is 2. The van der Waals surface area contributed by atoms with Gasteiger partial charge in [-0.1, -0.05) is 20.8 Å². The van der Waals surface area contributed by atoms with E-state index in [1.54, 1.807) is 18.7 Å². The second-order valence-electron chi connectivity index (χ2n) is 8.01. The molecule has 126 valence electrons. The van der Waals surface area contributed by atoms with Gasteiger partial charge in [0.25, 0.3) is 5.91 Å². The maximum Gasteiger partial charge on any atom is 0.253 e. The molecule has 2 aliphatic rings. The van der Waals surface area contributed by atoms with Crippen molar-refractivity contribution >= 4 is 5.91 Å². The number of rotatable bonds is 3. The van der Waals surface area contributed by atoms with Crippen molar-refractivity contribution in [3.63, 3.8) is 0 Å². The molecule has 5 heteroatoms. The lowest BCUT2D eigenvalue weighted by Gasteiger charge is -2.39. The SMILES string of the molecule is CC1(C)[C@H]2CC[C@]1(C)[C@@H](NC(=O)c1ccc(-n3ccnc3)nc1)C2. The van der Waals surface area contributed by atoms with Gasteiger partial charge in [-0.05, 0) is 48.1 Å². The van der Waals surface area contributed by atoms with Crippen LogP contribution < -0.4 is 5.32 Å². The van der Waals surface area contributed by atoms with Gasteiger partial charge in [0.2, 0.25) is 0 Å². The van der Waals surface area contributed by atoms with Crippen LogP contribution in [0.4, 0.5) is 0 Å². The minimum atomic E-state index is -0.0192. The standard InChI is InChI=1S/C19H24N4O/c1-18(2)14-6-7-19(18,3)15(10-14)22-17(24)13-4-5-16(21-11-13)23-9-8-20-12-23/h4-5,8-9,11-12,14-15H,6-7,10H2,1-3H3,(H,22,24)/t14-,15-,19+/m0/s1. The number of amides is 1. The monoisotopic (exact) mass is 324 g/mol. The summed E-state index contributed by atoms with van der Waals surface area (Å²) in [4.78, 5) is 21.0. The average Bonchev–Trinajstić information content (AvgIpc) is 3.22. The lowest BCUT2D eigenvalue weighted by molar-refractivity contribution is 0.0826. The lowest BCUT2D eigenvalue weighted by Crippen LogP contribution is -2.46. The van der Waals surface area contributed by atoms with Crippen LogP contribution in [0.3, 0.4) is 0 Å². The van der Waals surface area contributed by atoms with Crippen LogP contribution in [0.25, 0.3) is 5.82 Å². The zero-order valence-corrected chi connectivity index (χ0v) is 14.5. The third kappa shape index (κ3) is 2.10. The van der Waals surface area contributed by atoms with E-state index >= 15 is 0 Å². The summed E-state index contributed by atoms with van der Waals surface area (Å²) < 4.78 is 1.82. The van der Waals surface area contributed by atoms with Crippen molar-refractivity contribution < 1.29 is 4.79 Å². The number of hydrogen-bond acceptors (Lipinski definition) is 3. The molecule has 24 heavy (non-hydrogen) atoms. The van der Waals surface area contributed by atoms with Gasteiger partial charge in [0.1, 0.15) is 12.1 Å². The Morgan fingerprint density at radius 1 is 1.33 bits per heavy atom. The maximum atomic E-state index is 12.7. The highest BCUT2D eigenvalue weighted by molar-refractivity contribution is 5.94. The Morgan fingerprint density at radius 2 is 2.17 bits per heavy atom. The first-order chi connectivity index (χ1) is 11.4. The Hall–Kier alpha value is -2.17. The van der Waals surface area contributed by atoms with Crippen LogP contribution in [-0.2, 0) is 0 Å². The van der Waals surface area contributed by atoms with Gasteiger partial charge >= 0.3 is 0 Å². The summed E-state index contributed by atoms with van der Waals surface area (Å²) in [5, 5.41) is 3.28. The van der Waals surface area contributed by atoms with Crippen molar-refractivity contribution in [1.29, 1.82) is 0 Å². The first-order valence-electron chi connectivity index (χ1n) is 8.67. The molecular weight excluding hydrogens is 300 g/mol. The molecular formula is C19H24N4O. The summed E-state index contributed by atoms with van der Waals surface area (Å²) in [5.74, 6) is 1.46. The molecule has 4 rings (SSSR count). The van der Waals surface area contributed by atoms with Gasteiger partial charge in [-0.3, -0.25) is 9.36 Å². The average molecular weight is 324 g/mol. The molecule has 2 heterocycles. The third-order valence-electron chi connectivity index (χ3n) is 6.88. The normalized spacial score (nSPS) is 30.5. The van der Waals surface area contributed by atoms with E-state index in [4.69, 9.17) is 0 Å². The summed E-state index contributed by atoms with van der Waals surface area (Å²) in [6.07, 6.45) is 10.5. The molecule has 2 aromatic heterocycles. The van der Waals surface area contributed by atoms with Crippen LogP contribution >= 0.6 is 0 Å². The smallest absolute Gasteiger partial charge is 0.253 e. The van der Waals surface area contributed by atoms with Crippen molar-refractivity contribution in [3.8, 4) is 5.82 Å². The lowest BCUT2D eigenvalue weighted by atomic mass is 9.69. The molecule has 3 atom stereocenters. The van der Waals surface area contributed by atoms with Crippen LogP contribution in [0.1, 0.15) is 50.4 Å². The summed E-state index contributed by atoms with van der Waals surface area (Å²) >= 11 is 0. The quantitative estimate of drug-likeness (QED) is 0.943. The Balaban J connectivity index is 1.49. The van der Waals surface area contributed by atoms with Crippen LogP contribution in [0.5, 0.6) is 0 Å². The minimum Gasteiger partial charge on any atom is -0.349 e. The summed E-state index contributed by atoms with van der Waals surface area (Å²) in [7, 11) is 0. The van der Waals surface area contributed by atoms with Gasteiger partial charge in [0.05, 0.1) is 5.56 Å². The Morgan fingerprint density at radius 3 is 2.71 bits per heavy atom. The molecule has 0 aromatic carbocycles. The van der Waals surface area contributed by atoms with Crippen molar-refractivity contribution in [2.75, 3.05) is 0 Å². The number of carbonyl (C=O) groups excluding carboxylic acids is 1. The molecule has 0 saturated heterocycles. The van der Waals surface area contributed by atoms with E-state index in [0.717, 1.165) is 18.2 Å². The minimum absolute atomic E-state index is 0.0192. The first kappa shape index (κ1) is 15.4. The Kier molecular flexibility index (Phi) is 3.31. The van der Waals surface area contributed by atoms with E-state index in [0.29, 0.717) is 11.0 Å². The van der Waals surface area contributed by atoms with Gasteiger partial charge in [-0.25, -0.2) is 9.97 Å². The van der Waals surface area contributed by atoms with Crippen molar-refractivity contribution in [2.24, 2.45) is 16.7 Å². The highest BCUT2D eigenvalue weighted by Crippen LogP contribution is 2.65. The fourth-order valence-electron chi connectivity index (χ4n) is 4.73. The molecule has 1 N–H and O–H groups in total. The maximum absolute atomic E-state index is 12.7. The van der Waals surface area contributed by atoms with E-state index in [9.17, 15) is 4.79 Å². The second-order valence-corrected chi connectivity index (χ2v) is 8.01. The number of aromatic nitrogens is 3. The number of hydrogen-bond donors (Lipinski definition) is 1. The fourth-order valence-corrected chi connectivity index (χ4v) is 4.73. The molecule has 2 fully saturated rings. The Bertz CT molecular complexity index is 750. The number of nitrogens with zero attached hydrogens (tertiary/aromatic N) is 3. The Labute approximate surface area is 142 Å². The molecule has 2 bridgehead atoms. The highest BCUT2D eigenvalue weighted by Gasteiger charge is 2.61. The van der Waals surface area contributed by atoms with Crippen LogP contribution in [0, 0.1) is 16.7 Å². The largest absolute Gasteiger partial charge is 0.349 e. The van der Waals surface area contributed by atoms with Gasteiger partial charge in [0.15, 0.2) is 0 Å². The molecule has 0 radical (unpaired) electrons. The van der Waals surface area contributed by atoms with Crippen LogP contribution in [0.2, 0.25) is 0 Å². The molecule has 2 saturated carbocycles. The predicted octanol–water partition coefficient (Wildman–Crippen LogP) is 3.21. The molecule has 0 aliphatic heterocycles. The molecule has 0 unspecified atom stereocenters. The third-order valence-corrected chi connectivity index (χ3v) is 6.88. The molecule has 2 aliphatic carbocycles. The van der Waals surface area contributed by atoms with Crippen molar-refractivity contribution in [1.82, 2.24) is 19.9 Å². The van der Waals surface area contributed by atoms with Gasteiger partial charge in [0, 0.05) is 24.6 Å². The number of carbonyl (C=O) groups is 1. The number of pyridine rings is 1. The van der Waals surface area contributed by atoms with Crippen molar-refractivity contribution in [3.05, 3.63) is 42.6 Å². The fraction of sp³-hybridized carbons (Fsp3) is 0.526. The summed E-state index contributed by atoms with van der Waals surface area (Å²) in [6, 6.07) is 3.94. The second kappa shape index (κ2) is 5.16. The first-order valence-corrected chi connectivity index (χ1v) is 8.67. The van der Waals surface area contributed by atoms with E-state index in [1.807, 2.05) is 22.9 Å².